The van der Waals surface area contributed by atoms with E-state index in [0.717, 1.165) is 10.6 Å². The Balaban J connectivity index is 1.97. The smallest absolute Gasteiger partial charge is 0.230 e. The largest absolute Gasteiger partial charge is 0.368 e. The van der Waals surface area contributed by atoms with Crippen LogP contribution in [0.5, 0.6) is 0 Å². The van der Waals surface area contributed by atoms with Crippen LogP contribution in [0.4, 0.5) is 11.9 Å². The number of nitriles is 1. The molecule has 0 aromatic carbocycles. The van der Waals surface area contributed by atoms with Crippen molar-refractivity contribution in [2.45, 2.75) is 0 Å². The Kier molecular flexibility index (Phi) is 4.50. The highest BCUT2D eigenvalue weighted by Crippen LogP contribution is 2.27. The second-order valence-electron chi connectivity index (χ2n) is 4.97. The first-order valence-corrected chi connectivity index (χ1v) is 8.68. The minimum absolute atomic E-state index is 0.0714. The van der Waals surface area contributed by atoms with E-state index in [1.807, 2.05) is 22.2 Å². The van der Waals surface area contributed by atoms with Crippen molar-refractivity contribution in [1.29, 1.82) is 5.26 Å². The summed E-state index contributed by atoms with van der Waals surface area (Å²) in [4.78, 5) is 18.6. The lowest BCUT2D eigenvalue weighted by Crippen LogP contribution is -2.15. The Bertz CT molecular complexity index is 920. The van der Waals surface area contributed by atoms with Gasteiger partial charge in [-0.05, 0) is 17.5 Å². The Morgan fingerprint density at radius 3 is 2.75 bits per heavy atom. The lowest BCUT2D eigenvalue weighted by Gasteiger charge is -2.10. The van der Waals surface area contributed by atoms with Crippen LogP contribution in [0.15, 0.2) is 22.2 Å². The summed E-state index contributed by atoms with van der Waals surface area (Å²) in [5.74, 6) is 0.705. The zero-order valence-corrected chi connectivity index (χ0v) is 14.6. The highest BCUT2D eigenvalue weighted by Gasteiger charge is 2.12. The Morgan fingerprint density at radius 1 is 1.25 bits per heavy atom. The van der Waals surface area contributed by atoms with Crippen molar-refractivity contribution in [2.75, 3.05) is 24.7 Å². The van der Waals surface area contributed by atoms with Crippen LogP contribution in [-0.4, -0.2) is 34.0 Å². The molecule has 0 aliphatic heterocycles. The fourth-order valence-corrected chi connectivity index (χ4v) is 3.36. The van der Waals surface area contributed by atoms with E-state index in [1.54, 1.807) is 36.4 Å². The summed E-state index contributed by atoms with van der Waals surface area (Å²) < 4.78 is 0. The third-order valence-corrected chi connectivity index (χ3v) is 4.58. The first-order valence-electron chi connectivity index (χ1n) is 6.86. The SMILES string of the molecule is CN(C)c1nc(N)nc(/C(C#N)=C/c2csc(-c3ccsc3)n2)n1. The number of allylic oxidation sites excluding steroid dienone is 1. The Morgan fingerprint density at radius 2 is 2.08 bits per heavy atom. The predicted molar refractivity (Wildman–Crippen MR) is 97.5 cm³/mol. The van der Waals surface area contributed by atoms with Gasteiger partial charge in [0.05, 0.1) is 11.3 Å². The fraction of sp³-hybridized carbons (Fsp3) is 0.133. The number of thiazole rings is 1. The van der Waals surface area contributed by atoms with Crippen LogP contribution in [-0.2, 0) is 0 Å². The number of nitrogen functional groups attached to an aromatic ring is 1. The van der Waals surface area contributed by atoms with Crippen molar-refractivity contribution >= 4 is 46.2 Å². The van der Waals surface area contributed by atoms with Crippen molar-refractivity contribution < 1.29 is 0 Å². The van der Waals surface area contributed by atoms with Crippen LogP contribution < -0.4 is 10.6 Å². The molecule has 0 radical (unpaired) electrons. The number of anilines is 2. The highest BCUT2D eigenvalue weighted by atomic mass is 32.1. The second-order valence-corrected chi connectivity index (χ2v) is 6.61. The van der Waals surface area contributed by atoms with E-state index < -0.39 is 0 Å². The van der Waals surface area contributed by atoms with Gasteiger partial charge in [-0.1, -0.05) is 0 Å². The molecule has 0 atom stereocenters. The minimum Gasteiger partial charge on any atom is -0.368 e. The monoisotopic (exact) mass is 355 g/mol. The van der Waals surface area contributed by atoms with Gasteiger partial charge in [0, 0.05) is 30.4 Å². The van der Waals surface area contributed by atoms with Crippen molar-refractivity contribution in [3.63, 3.8) is 0 Å². The number of aromatic nitrogens is 4. The lowest BCUT2D eigenvalue weighted by molar-refractivity contribution is 0.952. The predicted octanol–water partition coefficient (Wildman–Crippen LogP) is 2.77. The van der Waals surface area contributed by atoms with Crippen molar-refractivity contribution in [2.24, 2.45) is 0 Å². The van der Waals surface area contributed by atoms with Crippen LogP contribution in [0, 0.1) is 11.3 Å². The lowest BCUT2D eigenvalue weighted by atomic mass is 10.2. The molecule has 0 aliphatic rings. The van der Waals surface area contributed by atoms with Gasteiger partial charge in [0.1, 0.15) is 11.1 Å². The molecule has 3 aromatic rings. The molecule has 7 nitrogen and oxygen atoms in total. The molecule has 0 unspecified atom stereocenters. The van der Waals surface area contributed by atoms with Gasteiger partial charge in [0.25, 0.3) is 0 Å². The molecular weight excluding hydrogens is 342 g/mol. The van der Waals surface area contributed by atoms with Crippen LogP contribution in [0.25, 0.3) is 22.2 Å². The maximum Gasteiger partial charge on any atom is 0.230 e. The normalized spacial score (nSPS) is 11.3. The second kappa shape index (κ2) is 6.74. The van der Waals surface area contributed by atoms with Gasteiger partial charge in [0.2, 0.25) is 11.9 Å². The first kappa shape index (κ1) is 16.0. The molecule has 3 heterocycles. The van der Waals surface area contributed by atoms with E-state index in [2.05, 4.69) is 26.0 Å². The Hall–Kier alpha value is -2.83. The summed E-state index contributed by atoms with van der Waals surface area (Å²) in [6.07, 6.45) is 1.65. The van der Waals surface area contributed by atoms with Crippen molar-refractivity contribution in [1.82, 2.24) is 19.9 Å². The van der Waals surface area contributed by atoms with E-state index in [1.165, 1.54) is 11.3 Å². The molecule has 3 aromatic heterocycles. The van der Waals surface area contributed by atoms with Crippen LogP contribution in [0.1, 0.15) is 11.5 Å². The molecule has 0 spiro atoms. The molecule has 0 saturated heterocycles. The molecule has 0 bridgehead atoms. The van der Waals surface area contributed by atoms with E-state index in [9.17, 15) is 5.26 Å². The molecule has 0 saturated carbocycles. The average Bonchev–Trinajstić information content (AvgIpc) is 3.23. The van der Waals surface area contributed by atoms with Crippen LogP contribution >= 0.6 is 22.7 Å². The number of thiophene rings is 1. The van der Waals surface area contributed by atoms with Crippen molar-refractivity contribution in [3.8, 4) is 16.6 Å². The van der Waals surface area contributed by atoms with Crippen molar-refractivity contribution in [3.05, 3.63) is 33.7 Å². The van der Waals surface area contributed by atoms with Gasteiger partial charge >= 0.3 is 0 Å². The van der Waals surface area contributed by atoms with E-state index >= 15 is 0 Å². The third kappa shape index (κ3) is 3.40. The minimum atomic E-state index is 0.0714. The maximum absolute atomic E-state index is 9.46. The maximum atomic E-state index is 9.46. The summed E-state index contributed by atoms with van der Waals surface area (Å²) in [6, 6.07) is 4.12. The molecular formula is C15H13N7S2. The molecule has 0 amide bonds. The molecule has 120 valence electrons. The zero-order chi connectivity index (χ0) is 17.1. The number of nitrogens with two attached hydrogens (primary N) is 1. The van der Waals surface area contributed by atoms with Gasteiger partial charge < -0.3 is 10.6 Å². The summed E-state index contributed by atoms with van der Waals surface area (Å²) in [5.41, 5.74) is 7.76. The molecule has 9 heteroatoms. The van der Waals surface area contributed by atoms with Crippen LogP contribution in [0.2, 0.25) is 0 Å². The molecule has 0 aliphatic carbocycles. The molecule has 0 fully saturated rings. The summed E-state index contributed by atoms with van der Waals surface area (Å²) in [6.45, 7) is 0. The molecule has 3 rings (SSSR count). The molecule has 2 N–H and O–H groups in total. The number of nitrogens with zero attached hydrogens (tertiary/aromatic N) is 6. The van der Waals surface area contributed by atoms with Gasteiger partial charge in [-0.3, -0.25) is 0 Å². The molecule has 24 heavy (non-hydrogen) atoms. The number of hydrogen-bond acceptors (Lipinski definition) is 9. The van der Waals surface area contributed by atoms with Crippen LogP contribution in [0.3, 0.4) is 0 Å². The third-order valence-electron chi connectivity index (χ3n) is 2.98. The van der Waals surface area contributed by atoms with E-state index in [4.69, 9.17) is 5.73 Å². The number of rotatable bonds is 4. The van der Waals surface area contributed by atoms with Gasteiger partial charge in [0.15, 0.2) is 5.82 Å². The topological polar surface area (TPSA) is 105 Å². The standard InChI is InChI=1S/C15H13N7S2/c1-22(2)15-20-12(19-14(17)21-15)10(6-16)5-11-8-24-13(18-11)9-3-4-23-7-9/h3-5,7-8H,1-2H3,(H2,17,19,20,21)/b10-5+. The quantitative estimate of drug-likeness (QED) is 0.717. The first-order chi connectivity index (χ1) is 11.6. The summed E-state index contributed by atoms with van der Waals surface area (Å²) >= 11 is 3.14. The van der Waals surface area contributed by atoms with Gasteiger partial charge in [-0.15, -0.1) is 11.3 Å². The van der Waals surface area contributed by atoms with Gasteiger partial charge in [-0.2, -0.15) is 31.6 Å². The number of hydrogen-bond donors (Lipinski definition) is 1. The summed E-state index contributed by atoms with van der Waals surface area (Å²) in [5, 5.41) is 16.3. The summed E-state index contributed by atoms with van der Waals surface area (Å²) in [7, 11) is 3.59. The van der Waals surface area contributed by atoms with E-state index in [-0.39, 0.29) is 17.3 Å². The average molecular weight is 355 g/mol. The zero-order valence-electron chi connectivity index (χ0n) is 13.0. The van der Waals surface area contributed by atoms with Gasteiger partial charge in [-0.25, -0.2) is 4.98 Å². The highest BCUT2D eigenvalue weighted by molar-refractivity contribution is 7.14. The Labute approximate surface area is 146 Å². The fourth-order valence-electron chi connectivity index (χ4n) is 1.87. The van der Waals surface area contributed by atoms with E-state index in [0.29, 0.717) is 11.6 Å².